The van der Waals surface area contributed by atoms with Crippen molar-refractivity contribution in [2.75, 3.05) is 6.16 Å². The third-order valence-corrected chi connectivity index (χ3v) is 2.19. The monoisotopic (exact) mass is 201 g/mol. The van der Waals surface area contributed by atoms with Crippen molar-refractivity contribution < 1.29 is 28.6 Å². The molecule has 12 heavy (non-hydrogen) atoms. The Morgan fingerprint density at radius 1 is 1.75 bits per heavy atom. The SMILES string of the molecule is N[C@@H](CCP(=O)(O)OF)C(=O)O. The highest BCUT2D eigenvalue weighted by molar-refractivity contribution is 7.52. The molecule has 0 aromatic carbocycles. The van der Waals surface area contributed by atoms with Gasteiger partial charge in [0.15, 0.2) is 0 Å². The molecule has 0 aliphatic rings. The lowest BCUT2D eigenvalue weighted by atomic mass is 10.2. The number of nitrogens with two attached hydrogens (primary N) is 1. The summed E-state index contributed by atoms with van der Waals surface area (Å²) in [5.41, 5.74) is 4.97. The molecule has 1 unspecified atom stereocenters. The molecular weight excluding hydrogens is 192 g/mol. The maximum Gasteiger partial charge on any atom is 0.361 e. The van der Waals surface area contributed by atoms with Crippen LogP contribution in [0.2, 0.25) is 0 Å². The molecule has 0 bridgehead atoms. The summed E-state index contributed by atoms with van der Waals surface area (Å²) in [5, 5.41) is 8.22. The Labute approximate surface area is 67.6 Å². The fourth-order valence-corrected chi connectivity index (χ4v) is 1.13. The maximum absolute atomic E-state index is 11.2. The Hall–Kier alpha value is -0.490. The molecule has 0 aromatic heterocycles. The van der Waals surface area contributed by atoms with Crippen molar-refractivity contribution >= 4 is 13.6 Å². The Bertz CT molecular complexity index is 210. The number of aliphatic carboxylic acids is 1. The maximum atomic E-state index is 11.2. The lowest BCUT2D eigenvalue weighted by Gasteiger charge is -2.07. The predicted octanol–water partition coefficient (Wildman–Crippen LogP) is -0.125. The molecule has 0 spiro atoms. The van der Waals surface area contributed by atoms with Gasteiger partial charge in [-0.15, -0.1) is 4.73 Å². The van der Waals surface area contributed by atoms with Crippen LogP contribution in [0.3, 0.4) is 0 Å². The van der Waals surface area contributed by atoms with Gasteiger partial charge < -0.3 is 15.7 Å². The van der Waals surface area contributed by atoms with Crippen molar-refractivity contribution in [3.05, 3.63) is 0 Å². The van der Waals surface area contributed by atoms with Gasteiger partial charge in [0, 0.05) is 0 Å². The summed E-state index contributed by atoms with van der Waals surface area (Å²) in [6, 6.07) is -1.28. The first-order valence-electron chi connectivity index (χ1n) is 2.99. The molecule has 0 radical (unpaired) electrons. The van der Waals surface area contributed by atoms with E-state index in [1.807, 2.05) is 0 Å². The number of rotatable bonds is 5. The van der Waals surface area contributed by atoms with Crippen LogP contribution in [0.15, 0.2) is 0 Å². The lowest BCUT2D eigenvalue weighted by molar-refractivity contribution is -0.138. The van der Waals surface area contributed by atoms with Gasteiger partial charge in [-0.05, 0) is 10.9 Å². The third kappa shape index (κ3) is 4.40. The second-order valence-electron chi connectivity index (χ2n) is 2.16. The van der Waals surface area contributed by atoms with Gasteiger partial charge in [0.05, 0.1) is 6.16 Å². The molecule has 6 nitrogen and oxygen atoms in total. The van der Waals surface area contributed by atoms with Crippen LogP contribution in [0.25, 0.3) is 0 Å². The summed E-state index contributed by atoms with van der Waals surface area (Å²) >= 11 is 0. The molecule has 0 aliphatic carbocycles. The molecule has 4 N–H and O–H groups in total. The summed E-state index contributed by atoms with van der Waals surface area (Å²) in [7, 11) is -4.28. The number of hydrogen-bond donors (Lipinski definition) is 3. The summed E-state index contributed by atoms with van der Waals surface area (Å²) in [4.78, 5) is 18.5. The van der Waals surface area contributed by atoms with Crippen LogP contribution in [0.4, 0.5) is 4.53 Å². The van der Waals surface area contributed by atoms with E-state index >= 15 is 0 Å². The fourth-order valence-electron chi connectivity index (χ4n) is 0.460. The minimum atomic E-state index is -4.28. The van der Waals surface area contributed by atoms with E-state index in [2.05, 4.69) is 4.73 Å². The van der Waals surface area contributed by atoms with Gasteiger partial charge in [0.2, 0.25) is 0 Å². The summed E-state index contributed by atoms with van der Waals surface area (Å²) in [6.07, 6.45) is -0.927. The Balaban J connectivity index is 3.83. The number of halogens is 1. The average Bonchev–Trinajstić information content (AvgIpc) is 2.00. The molecule has 0 amide bonds. The highest BCUT2D eigenvalue weighted by atomic mass is 31.2. The van der Waals surface area contributed by atoms with Crippen LogP contribution in [-0.2, 0) is 14.1 Å². The van der Waals surface area contributed by atoms with Gasteiger partial charge in [-0.1, -0.05) is 0 Å². The topological polar surface area (TPSA) is 110 Å². The summed E-state index contributed by atoms with van der Waals surface area (Å²) in [6.45, 7) is 0. The van der Waals surface area contributed by atoms with Gasteiger partial charge in [-0.25, -0.2) is 0 Å². The van der Waals surface area contributed by atoms with Gasteiger partial charge in [-0.3, -0.25) is 9.36 Å². The Kier molecular flexibility index (Phi) is 4.33. The third-order valence-electron chi connectivity index (χ3n) is 1.15. The van der Waals surface area contributed by atoms with E-state index in [9.17, 15) is 13.9 Å². The van der Waals surface area contributed by atoms with Gasteiger partial charge in [0.25, 0.3) is 0 Å². The van der Waals surface area contributed by atoms with Crippen LogP contribution in [0.5, 0.6) is 0 Å². The molecule has 0 saturated carbocycles. The molecule has 0 heterocycles. The number of carboxylic acid groups (broad SMARTS) is 1. The van der Waals surface area contributed by atoms with Crippen molar-refractivity contribution in [2.45, 2.75) is 12.5 Å². The van der Waals surface area contributed by atoms with Crippen molar-refractivity contribution in [3.8, 4) is 0 Å². The van der Waals surface area contributed by atoms with Crippen molar-refractivity contribution in [1.82, 2.24) is 0 Å². The zero-order valence-electron chi connectivity index (χ0n) is 6.01. The van der Waals surface area contributed by atoms with Crippen LogP contribution < -0.4 is 5.73 Å². The normalized spacial score (nSPS) is 18.2. The molecule has 0 aromatic rings. The lowest BCUT2D eigenvalue weighted by Crippen LogP contribution is -2.30. The number of hydrogen-bond acceptors (Lipinski definition) is 4. The van der Waals surface area contributed by atoms with Gasteiger partial charge in [0.1, 0.15) is 6.04 Å². The van der Waals surface area contributed by atoms with Crippen LogP contribution >= 0.6 is 7.60 Å². The first-order chi connectivity index (χ1) is 5.39. The highest BCUT2D eigenvalue weighted by Crippen LogP contribution is 2.42. The zero-order chi connectivity index (χ0) is 9.78. The van der Waals surface area contributed by atoms with E-state index in [-0.39, 0.29) is 6.42 Å². The average molecular weight is 201 g/mol. The Morgan fingerprint density at radius 3 is 2.58 bits per heavy atom. The molecule has 0 fully saturated rings. The molecule has 2 atom stereocenters. The first kappa shape index (κ1) is 11.5. The zero-order valence-corrected chi connectivity index (χ0v) is 6.91. The van der Waals surface area contributed by atoms with Crippen molar-refractivity contribution in [2.24, 2.45) is 5.73 Å². The Morgan fingerprint density at radius 2 is 2.25 bits per heavy atom. The first-order valence-corrected chi connectivity index (χ1v) is 4.76. The van der Waals surface area contributed by atoms with Crippen molar-refractivity contribution in [3.63, 3.8) is 0 Å². The van der Waals surface area contributed by atoms with E-state index in [4.69, 9.17) is 15.7 Å². The van der Waals surface area contributed by atoms with Crippen LogP contribution in [0.1, 0.15) is 6.42 Å². The molecule has 8 heteroatoms. The summed E-state index contributed by atoms with van der Waals surface area (Å²) in [5.74, 6) is -1.31. The molecular formula is C4H9FNO5P. The molecule has 0 saturated heterocycles. The second kappa shape index (κ2) is 4.51. The van der Waals surface area contributed by atoms with E-state index in [1.165, 1.54) is 0 Å². The predicted molar refractivity (Wildman–Crippen MR) is 37.1 cm³/mol. The standard InChI is InChI=1S/C4H9FNO5P/c5-11-12(9,10)2-1-3(6)4(7)8/h3H,1-2,6H2,(H,7,8)(H,9,10)/t3-/m0/s1. The minimum Gasteiger partial charge on any atom is -0.480 e. The van der Waals surface area contributed by atoms with Crippen molar-refractivity contribution in [1.29, 1.82) is 0 Å². The van der Waals surface area contributed by atoms with E-state index in [0.717, 1.165) is 0 Å². The smallest absolute Gasteiger partial charge is 0.361 e. The quantitative estimate of drug-likeness (QED) is 0.534. The van der Waals surface area contributed by atoms with Gasteiger partial charge >= 0.3 is 13.6 Å². The molecule has 72 valence electrons. The van der Waals surface area contributed by atoms with Crippen LogP contribution in [0, 0.1) is 0 Å². The van der Waals surface area contributed by atoms with E-state index < -0.39 is 25.8 Å². The summed E-state index contributed by atoms with van der Waals surface area (Å²) < 4.78 is 24.4. The second-order valence-corrected chi connectivity index (χ2v) is 4.02. The fraction of sp³-hybridized carbons (Fsp3) is 0.750. The van der Waals surface area contributed by atoms with E-state index in [1.54, 1.807) is 0 Å². The number of carboxylic acids is 1. The van der Waals surface area contributed by atoms with Crippen LogP contribution in [-0.4, -0.2) is 28.2 Å². The minimum absolute atomic E-state index is 0.312. The molecule has 0 rings (SSSR count). The highest BCUT2D eigenvalue weighted by Gasteiger charge is 2.23. The molecule has 0 aliphatic heterocycles. The van der Waals surface area contributed by atoms with Gasteiger partial charge in [-0.2, -0.15) is 0 Å². The number of carbonyl (C=O) groups is 1. The largest absolute Gasteiger partial charge is 0.480 e. The van der Waals surface area contributed by atoms with E-state index in [0.29, 0.717) is 0 Å².